The number of hydrogen-bond donors (Lipinski definition) is 2. The summed E-state index contributed by atoms with van der Waals surface area (Å²) in [7, 11) is 0.0477. The van der Waals surface area contributed by atoms with Gasteiger partial charge < -0.3 is 14.9 Å². The minimum absolute atomic E-state index is 0.0477. The number of ether oxygens (including phenoxy) is 1. The van der Waals surface area contributed by atoms with E-state index in [1.807, 2.05) is 30.3 Å². The van der Waals surface area contributed by atoms with Gasteiger partial charge in [-0.25, -0.2) is 0 Å². The Hall–Kier alpha value is -2.16. The smallest absolute Gasteiger partial charge is 0.119 e. The maximum absolute atomic E-state index is 8.86. The van der Waals surface area contributed by atoms with E-state index in [0.29, 0.717) is 6.61 Å². The molecule has 0 amide bonds. The molecule has 1 atom stereocenters. The van der Waals surface area contributed by atoms with Gasteiger partial charge in [-0.05, 0) is 103 Å². The van der Waals surface area contributed by atoms with Crippen molar-refractivity contribution >= 4 is 32.1 Å². The van der Waals surface area contributed by atoms with E-state index in [2.05, 4.69) is 61.6 Å². The maximum Gasteiger partial charge on any atom is 0.119 e. The lowest BCUT2D eigenvalue weighted by molar-refractivity contribution is 0.313. The predicted molar refractivity (Wildman–Crippen MR) is 148 cm³/mol. The lowest BCUT2D eigenvalue weighted by Gasteiger charge is -2.12. The van der Waals surface area contributed by atoms with Crippen LogP contribution >= 0.6 is 20.4 Å². The van der Waals surface area contributed by atoms with Gasteiger partial charge in [-0.2, -0.15) is 0 Å². The zero-order valence-corrected chi connectivity index (χ0v) is 21.9. The highest BCUT2D eigenvalue weighted by Gasteiger charge is 2.05. The third kappa shape index (κ3) is 8.89. The minimum Gasteiger partial charge on any atom is -0.494 e. The molecule has 0 spiro atoms. The molecule has 180 valence electrons. The predicted octanol–water partition coefficient (Wildman–Crippen LogP) is 7.42. The number of halogens is 1. The molecule has 0 aromatic heterocycles. The molecule has 0 aliphatic carbocycles. The van der Waals surface area contributed by atoms with Crippen LogP contribution in [-0.4, -0.2) is 24.2 Å². The molecule has 2 N–H and O–H groups in total. The lowest BCUT2D eigenvalue weighted by atomic mass is 9.97. The average Bonchev–Trinajstić information content (AvgIpc) is 2.84. The number of allylic oxidation sites excluding steroid dienone is 1. The SMILES string of the molecule is Cc1ccc(/C=C(\CCCOc2ccc(CNCCCPO)cc2)c2cccc(Cl)c2)cc1C. The van der Waals surface area contributed by atoms with Crippen molar-refractivity contribution in [3.05, 3.63) is 99.6 Å². The van der Waals surface area contributed by atoms with Gasteiger partial charge in [-0.1, -0.05) is 60.1 Å². The zero-order chi connectivity index (χ0) is 24.2. The fraction of sp³-hybridized carbons (Fsp3) is 0.310. The van der Waals surface area contributed by atoms with Crippen molar-refractivity contribution < 1.29 is 9.63 Å². The highest BCUT2D eigenvalue weighted by Crippen LogP contribution is 2.26. The molecule has 0 aliphatic rings. The highest BCUT2D eigenvalue weighted by atomic mass is 35.5. The normalized spacial score (nSPS) is 11.9. The molecular formula is C29H35ClNO2P. The van der Waals surface area contributed by atoms with E-state index < -0.39 is 0 Å². The second-order valence-corrected chi connectivity index (χ2v) is 9.81. The van der Waals surface area contributed by atoms with Gasteiger partial charge in [0.25, 0.3) is 0 Å². The van der Waals surface area contributed by atoms with E-state index >= 15 is 0 Å². The zero-order valence-electron chi connectivity index (χ0n) is 20.1. The largest absolute Gasteiger partial charge is 0.494 e. The molecule has 3 nitrogen and oxygen atoms in total. The van der Waals surface area contributed by atoms with Crippen molar-refractivity contribution in [1.29, 1.82) is 0 Å². The summed E-state index contributed by atoms with van der Waals surface area (Å²) in [4.78, 5) is 8.86. The highest BCUT2D eigenvalue weighted by molar-refractivity contribution is 7.31. The summed E-state index contributed by atoms with van der Waals surface area (Å²) < 4.78 is 6.01. The standard InChI is InChI=1S/C29H35ClNO2P/c1-22-9-10-25(18-23(22)2)19-26(27-6-3-8-28(30)20-27)7-4-16-33-29-13-11-24(12-14-29)21-31-15-5-17-34-32/h3,6,8-14,18-20,31-32,34H,4-5,7,15-17,21H2,1-2H3/b26-19+. The van der Waals surface area contributed by atoms with Gasteiger partial charge in [-0.15, -0.1) is 0 Å². The Bertz CT molecular complexity index is 1070. The van der Waals surface area contributed by atoms with E-state index in [1.165, 1.54) is 27.8 Å². The second-order valence-electron chi connectivity index (χ2n) is 8.56. The van der Waals surface area contributed by atoms with Crippen LogP contribution in [-0.2, 0) is 6.54 Å². The monoisotopic (exact) mass is 495 g/mol. The second kappa shape index (κ2) is 14.3. The van der Waals surface area contributed by atoms with Gasteiger partial charge in [0, 0.05) is 20.4 Å². The lowest BCUT2D eigenvalue weighted by Crippen LogP contribution is -2.15. The number of aryl methyl sites for hydroxylation is 2. The molecule has 0 bridgehead atoms. The van der Waals surface area contributed by atoms with Crippen LogP contribution in [0.25, 0.3) is 11.6 Å². The average molecular weight is 496 g/mol. The van der Waals surface area contributed by atoms with Crippen molar-refractivity contribution in [3.63, 3.8) is 0 Å². The first kappa shape index (κ1) is 26.4. The third-order valence-corrected chi connectivity index (χ3v) is 6.63. The molecule has 0 fully saturated rings. The molecular weight excluding hydrogens is 461 g/mol. The van der Waals surface area contributed by atoms with E-state index in [4.69, 9.17) is 21.2 Å². The molecule has 1 unspecified atom stereocenters. The number of hydrogen-bond acceptors (Lipinski definition) is 3. The number of nitrogens with one attached hydrogen (secondary N) is 1. The fourth-order valence-corrected chi connectivity index (χ4v) is 4.25. The van der Waals surface area contributed by atoms with Crippen LogP contribution in [0.15, 0.2) is 66.7 Å². The number of rotatable bonds is 13. The van der Waals surface area contributed by atoms with Crippen LogP contribution in [0, 0.1) is 13.8 Å². The Morgan fingerprint density at radius 1 is 1.00 bits per heavy atom. The van der Waals surface area contributed by atoms with E-state index in [9.17, 15) is 0 Å². The van der Waals surface area contributed by atoms with Crippen LogP contribution < -0.4 is 10.1 Å². The Balaban J connectivity index is 1.55. The Morgan fingerprint density at radius 3 is 2.56 bits per heavy atom. The molecule has 0 radical (unpaired) electrons. The van der Waals surface area contributed by atoms with Crippen LogP contribution in [0.5, 0.6) is 5.75 Å². The molecule has 0 aliphatic heterocycles. The molecule has 3 aromatic rings. The molecule has 3 aromatic carbocycles. The number of benzene rings is 3. The van der Waals surface area contributed by atoms with Gasteiger partial charge in [-0.3, -0.25) is 0 Å². The van der Waals surface area contributed by atoms with Gasteiger partial charge in [0.1, 0.15) is 5.75 Å². The van der Waals surface area contributed by atoms with Gasteiger partial charge in [0.15, 0.2) is 0 Å². The minimum atomic E-state index is 0.0477. The van der Waals surface area contributed by atoms with Crippen LogP contribution in [0.4, 0.5) is 0 Å². The van der Waals surface area contributed by atoms with Crippen molar-refractivity contribution in [1.82, 2.24) is 5.32 Å². The summed E-state index contributed by atoms with van der Waals surface area (Å²) in [5, 5.41) is 4.16. The molecule has 3 rings (SSSR count). The topological polar surface area (TPSA) is 41.5 Å². The summed E-state index contributed by atoms with van der Waals surface area (Å²) in [6.07, 6.45) is 5.96. The molecule has 0 saturated heterocycles. The van der Waals surface area contributed by atoms with E-state index in [1.54, 1.807) is 0 Å². The van der Waals surface area contributed by atoms with Crippen molar-refractivity contribution in [3.8, 4) is 5.75 Å². The molecule has 34 heavy (non-hydrogen) atoms. The van der Waals surface area contributed by atoms with Gasteiger partial charge >= 0.3 is 0 Å². The summed E-state index contributed by atoms with van der Waals surface area (Å²) in [6.45, 7) is 6.71. The first-order valence-electron chi connectivity index (χ1n) is 11.9. The van der Waals surface area contributed by atoms with Crippen LogP contribution in [0.1, 0.15) is 47.1 Å². The Labute approximate surface area is 211 Å². The van der Waals surface area contributed by atoms with Crippen molar-refractivity contribution in [2.24, 2.45) is 0 Å². The van der Waals surface area contributed by atoms with Crippen molar-refractivity contribution in [2.45, 2.75) is 39.7 Å². The van der Waals surface area contributed by atoms with Gasteiger partial charge in [0.2, 0.25) is 0 Å². The summed E-state index contributed by atoms with van der Waals surface area (Å²) in [6, 6.07) is 22.9. The quantitative estimate of drug-likeness (QED) is 0.147. The van der Waals surface area contributed by atoms with Crippen molar-refractivity contribution in [2.75, 3.05) is 19.3 Å². The summed E-state index contributed by atoms with van der Waals surface area (Å²) >= 11 is 6.28. The van der Waals surface area contributed by atoms with Gasteiger partial charge in [0.05, 0.1) is 6.61 Å². The van der Waals surface area contributed by atoms with Crippen LogP contribution in [0.2, 0.25) is 5.02 Å². The van der Waals surface area contributed by atoms with Crippen LogP contribution in [0.3, 0.4) is 0 Å². The summed E-state index contributed by atoms with van der Waals surface area (Å²) in [5.74, 6) is 0.896. The Morgan fingerprint density at radius 2 is 1.82 bits per heavy atom. The fourth-order valence-electron chi connectivity index (χ4n) is 3.72. The molecule has 5 heteroatoms. The Kier molecular flexibility index (Phi) is 11.1. The third-order valence-electron chi connectivity index (χ3n) is 5.82. The first-order valence-corrected chi connectivity index (χ1v) is 13.4. The molecule has 0 heterocycles. The van der Waals surface area contributed by atoms with E-state index in [-0.39, 0.29) is 8.81 Å². The first-order chi connectivity index (χ1) is 16.5. The maximum atomic E-state index is 8.86. The summed E-state index contributed by atoms with van der Waals surface area (Å²) in [5.41, 5.74) is 7.46. The van der Waals surface area contributed by atoms with E-state index in [0.717, 1.165) is 54.8 Å². The molecule has 0 saturated carbocycles.